The van der Waals surface area contributed by atoms with Crippen LogP contribution in [-0.4, -0.2) is 34.7 Å². The van der Waals surface area contributed by atoms with Gasteiger partial charge in [-0.15, -0.1) is 0 Å². The zero-order chi connectivity index (χ0) is 18.4. The smallest absolute Gasteiger partial charge is 0.262 e. The molecule has 26 heavy (non-hydrogen) atoms. The first-order valence-electron chi connectivity index (χ1n) is 9.25. The number of aromatic amines is 1. The van der Waals surface area contributed by atoms with E-state index in [-0.39, 0.29) is 17.6 Å². The van der Waals surface area contributed by atoms with Gasteiger partial charge >= 0.3 is 0 Å². The lowest BCUT2D eigenvalue weighted by Crippen LogP contribution is -2.31. The predicted molar refractivity (Wildman–Crippen MR) is 104 cm³/mol. The number of nitrogens with one attached hydrogen (secondary N) is 2. The van der Waals surface area contributed by atoms with Gasteiger partial charge in [0, 0.05) is 26.1 Å². The fourth-order valence-electron chi connectivity index (χ4n) is 3.26. The number of hydrogen-bond donors (Lipinski definition) is 2. The summed E-state index contributed by atoms with van der Waals surface area (Å²) < 4.78 is 7.54. The van der Waals surface area contributed by atoms with Gasteiger partial charge in [0.25, 0.3) is 5.56 Å². The van der Waals surface area contributed by atoms with Crippen molar-refractivity contribution < 1.29 is 9.53 Å². The number of H-pyrrole nitrogens is 1. The molecule has 0 spiro atoms. The zero-order valence-electron chi connectivity index (χ0n) is 14.8. The fraction of sp³-hybridized carbons (Fsp3) is 0.526. The lowest BCUT2D eigenvalue weighted by molar-refractivity contribution is -0.121. The molecule has 1 aromatic heterocycles. The van der Waals surface area contributed by atoms with Crippen molar-refractivity contribution in [2.24, 2.45) is 0 Å². The van der Waals surface area contributed by atoms with E-state index in [0.29, 0.717) is 29.7 Å². The number of ether oxygens (including phenoxy) is 1. The Labute approximate surface area is 157 Å². The molecule has 1 saturated heterocycles. The number of unbranched alkanes of at least 4 members (excludes halogenated alkanes) is 2. The molecule has 0 radical (unpaired) electrons. The van der Waals surface area contributed by atoms with Gasteiger partial charge in [0.15, 0.2) is 4.77 Å². The summed E-state index contributed by atoms with van der Waals surface area (Å²) >= 11 is 5.30. The summed E-state index contributed by atoms with van der Waals surface area (Å²) in [6, 6.07) is 7.38. The second-order valence-electron chi connectivity index (χ2n) is 6.68. The highest BCUT2D eigenvalue weighted by Crippen LogP contribution is 2.11. The highest BCUT2D eigenvalue weighted by atomic mass is 32.1. The van der Waals surface area contributed by atoms with Crippen molar-refractivity contribution in [1.29, 1.82) is 0 Å². The standard InChI is InChI=1S/C19H25N3O3S/c23-17(20-13-14-7-6-12-25-14)10-2-1-5-11-22-18(24)15-8-3-4-9-16(15)21-19(22)26/h3-4,8-9,14H,1-2,5-7,10-13H2,(H,20,23)(H,21,26)/t14-/m1/s1. The van der Waals surface area contributed by atoms with E-state index in [2.05, 4.69) is 10.3 Å². The van der Waals surface area contributed by atoms with Crippen molar-refractivity contribution in [2.45, 2.75) is 51.2 Å². The Hall–Kier alpha value is -1.99. The predicted octanol–water partition coefficient (Wildman–Crippen LogP) is 2.91. The van der Waals surface area contributed by atoms with Crippen LogP contribution >= 0.6 is 12.2 Å². The second-order valence-corrected chi connectivity index (χ2v) is 7.07. The van der Waals surface area contributed by atoms with Crippen molar-refractivity contribution >= 4 is 29.0 Å². The zero-order valence-corrected chi connectivity index (χ0v) is 15.6. The third-order valence-electron chi connectivity index (χ3n) is 4.73. The Morgan fingerprint density at radius 3 is 2.96 bits per heavy atom. The Kier molecular flexibility index (Phi) is 6.57. The molecule has 140 valence electrons. The first kappa shape index (κ1) is 18.8. The number of aromatic nitrogens is 2. The fourth-order valence-corrected chi connectivity index (χ4v) is 3.54. The van der Waals surface area contributed by atoms with Gasteiger partial charge in [0.05, 0.1) is 17.0 Å². The SMILES string of the molecule is O=C(CCCCCn1c(=S)[nH]c2ccccc2c1=O)NC[C@H]1CCCO1. The number of para-hydroxylation sites is 1. The van der Waals surface area contributed by atoms with E-state index in [1.54, 1.807) is 10.6 Å². The first-order valence-corrected chi connectivity index (χ1v) is 9.66. The van der Waals surface area contributed by atoms with Crippen LogP contribution in [0.5, 0.6) is 0 Å². The molecule has 1 aliphatic heterocycles. The van der Waals surface area contributed by atoms with E-state index < -0.39 is 0 Å². The minimum Gasteiger partial charge on any atom is -0.376 e. The average Bonchev–Trinajstić information content (AvgIpc) is 3.15. The molecule has 1 aliphatic rings. The van der Waals surface area contributed by atoms with E-state index in [4.69, 9.17) is 17.0 Å². The molecule has 7 heteroatoms. The summed E-state index contributed by atoms with van der Waals surface area (Å²) in [5.41, 5.74) is 0.709. The number of benzene rings is 1. The van der Waals surface area contributed by atoms with Crippen molar-refractivity contribution in [2.75, 3.05) is 13.2 Å². The molecule has 0 saturated carbocycles. The number of carbonyl (C=O) groups excluding carboxylic acids is 1. The Bertz CT molecular complexity index is 868. The molecule has 1 fully saturated rings. The molecule has 2 N–H and O–H groups in total. The van der Waals surface area contributed by atoms with Crippen LogP contribution in [0.25, 0.3) is 10.9 Å². The molecular weight excluding hydrogens is 350 g/mol. The monoisotopic (exact) mass is 375 g/mol. The highest BCUT2D eigenvalue weighted by molar-refractivity contribution is 7.71. The van der Waals surface area contributed by atoms with E-state index in [1.807, 2.05) is 18.2 Å². The summed E-state index contributed by atoms with van der Waals surface area (Å²) in [7, 11) is 0. The van der Waals surface area contributed by atoms with Crippen molar-refractivity contribution in [3.63, 3.8) is 0 Å². The van der Waals surface area contributed by atoms with Gasteiger partial charge in [0.1, 0.15) is 0 Å². The van der Waals surface area contributed by atoms with Gasteiger partial charge in [-0.2, -0.15) is 0 Å². The van der Waals surface area contributed by atoms with Crippen LogP contribution in [0.3, 0.4) is 0 Å². The van der Waals surface area contributed by atoms with Gasteiger partial charge in [-0.25, -0.2) is 0 Å². The average molecular weight is 375 g/mol. The summed E-state index contributed by atoms with van der Waals surface area (Å²) in [6.07, 6.45) is 5.29. The van der Waals surface area contributed by atoms with Crippen molar-refractivity contribution in [1.82, 2.24) is 14.9 Å². The highest BCUT2D eigenvalue weighted by Gasteiger charge is 2.15. The molecule has 2 heterocycles. The molecule has 2 aromatic rings. The third-order valence-corrected chi connectivity index (χ3v) is 5.05. The largest absolute Gasteiger partial charge is 0.376 e. The minimum atomic E-state index is -0.0568. The minimum absolute atomic E-state index is 0.0568. The molecule has 6 nitrogen and oxygen atoms in total. The second kappa shape index (κ2) is 9.09. The molecule has 0 aliphatic carbocycles. The maximum Gasteiger partial charge on any atom is 0.262 e. The van der Waals surface area contributed by atoms with Gasteiger partial charge in [0.2, 0.25) is 5.91 Å². The van der Waals surface area contributed by atoms with Gasteiger partial charge in [-0.05, 0) is 50.0 Å². The molecule has 1 amide bonds. The number of nitrogens with zero attached hydrogens (tertiary/aromatic N) is 1. The normalized spacial score (nSPS) is 16.8. The summed E-state index contributed by atoms with van der Waals surface area (Å²) in [5.74, 6) is 0.0701. The molecule has 3 rings (SSSR count). The van der Waals surface area contributed by atoms with Crippen molar-refractivity contribution in [3.05, 3.63) is 39.4 Å². The molecule has 0 unspecified atom stereocenters. The molecule has 0 bridgehead atoms. The Morgan fingerprint density at radius 2 is 2.15 bits per heavy atom. The number of carbonyl (C=O) groups is 1. The first-order chi connectivity index (χ1) is 12.6. The maximum absolute atomic E-state index is 12.5. The van der Waals surface area contributed by atoms with Crippen LogP contribution in [0.4, 0.5) is 0 Å². The Morgan fingerprint density at radius 1 is 1.31 bits per heavy atom. The van der Waals surface area contributed by atoms with E-state index in [0.717, 1.165) is 44.2 Å². The topological polar surface area (TPSA) is 76.1 Å². The van der Waals surface area contributed by atoms with Gasteiger partial charge in [-0.3, -0.25) is 14.2 Å². The van der Waals surface area contributed by atoms with E-state index in [1.165, 1.54) is 0 Å². The molecule has 1 atom stereocenters. The number of rotatable bonds is 8. The summed E-state index contributed by atoms with van der Waals surface area (Å²) in [5, 5.41) is 3.58. The van der Waals surface area contributed by atoms with Crippen LogP contribution in [0.1, 0.15) is 38.5 Å². The van der Waals surface area contributed by atoms with Crippen LogP contribution in [0.15, 0.2) is 29.1 Å². The van der Waals surface area contributed by atoms with Crippen LogP contribution in [-0.2, 0) is 16.1 Å². The van der Waals surface area contributed by atoms with Crippen LogP contribution < -0.4 is 10.9 Å². The van der Waals surface area contributed by atoms with Crippen LogP contribution in [0.2, 0.25) is 0 Å². The lowest BCUT2D eigenvalue weighted by atomic mass is 10.1. The van der Waals surface area contributed by atoms with Gasteiger partial charge < -0.3 is 15.0 Å². The molecule has 1 aromatic carbocycles. The van der Waals surface area contributed by atoms with Crippen molar-refractivity contribution in [3.8, 4) is 0 Å². The lowest BCUT2D eigenvalue weighted by Gasteiger charge is -2.11. The summed E-state index contributed by atoms with van der Waals surface area (Å²) in [4.78, 5) is 27.5. The maximum atomic E-state index is 12.5. The summed E-state index contributed by atoms with van der Waals surface area (Å²) in [6.45, 7) is 1.98. The van der Waals surface area contributed by atoms with Gasteiger partial charge in [-0.1, -0.05) is 18.6 Å². The number of amides is 1. The van der Waals surface area contributed by atoms with Crippen LogP contribution in [0, 0.1) is 4.77 Å². The van der Waals surface area contributed by atoms with E-state index >= 15 is 0 Å². The number of fused-ring (bicyclic) bond motifs is 1. The Balaban J connectivity index is 1.42. The van der Waals surface area contributed by atoms with E-state index in [9.17, 15) is 9.59 Å². The number of hydrogen-bond acceptors (Lipinski definition) is 4. The quantitative estimate of drug-likeness (QED) is 0.549. The molecular formula is C19H25N3O3S. The third kappa shape index (κ3) is 4.80.